The number of methoxy groups -OCH3 is 1. The largest absolute Gasteiger partial charge is 0.467 e. The number of nitrogens with zero attached hydrogens (tertiary/aromatic N) is 2. The number of ether oxygens (including phenoxy) is 1. The average Bonchev–Trinajstić information content (AvgIpc) is 2.82. The van der Waals surface area contributed by atoms with Crippen LogP contribution in [0.5, 0.6) is 5.95 Å². The summed E-state index contributed by atoms with van der Waals surface area (Å²) in [4.78, 5) is 6.90. The Kier molecular flexibility index (Phi) is 4.07. The van der Waals surface area contributed by atoms with Crippen LogP contribution < -0.4 is 4.74 Å². The van der Waals surface area contributed by atoms with E-state index in [1.807, 2.05) is 0 Å². The fourth-order valence-corrected chi connectivity index (χ4v) is 2.15. The maximum Gasteiger partial charge on any atom is 0.308 e. The minimum Gasteiger partial charge on any atom is -0.467 e. The molecule has 0 bridgehead atoms. The molecule has 1 aliphatic heterocycles. The second-order valence-electron chi connectivity index (χ2n) is 4.96. The van der Waals surface area contributed by atoms with Crippen LogP contribution in [-0.4, -0.2) is 37.1 Å². The summed E-state index contributed by atoms with van der Waals surface area (Å²) in [6.07, 6.45) is 4.29. The highest BCUT2D eigenvalue weighted by Crippen LogP contribution is 2.32. The molecule has 0 aliphatic carbocycles. The maximum absolute atomic E-state index is 5.75. The van der Waals surface area contributed by atoms with E-state index in [0.29, 0.717) is 17.8 Å². The van der Waals surface area contributed by atoms with Crippen molar-refractivity contribution in [3.8, 4) is 5.95 Å². The monoisotopic (exact) mass is 250 g/mol. The lowest BCUT2D eigenvalue weighted by Gasteiger charge is -2.20. The highest BCUT2D eigenvalue weighted by atomic mass is 16.6. The van der Waals surface area contributed by atoms with Gasteiger partial charge in [0.05, 0.1) is 7.11 Å². The molecule has 2 rings (SSSR count). The first kappa shape index (κ1) is 13.1. The number of likely N-dealkylation sites (N-methyl/N-ethyl adjacent to an activating group) is 1. The first-order chi connectivity index (χ1) is 8.65. The Balaban J connectivity index is 2.29. The van der Waals surface area contributed by atoms with Gasteiger partial charge in [0.25, 0.3) is 0 Å². The minimum atomic E-state index is 0.361. The summed E-state index contributed by atoms with van der Waals surface area (Å²) in [5, 5.41) is 0. The summed E-state index contributed by atoms with van der Waals surface area (Å²) in [7, 11) is 3.75. The Bertz CT molecular complexity index is 437. The van der Waals surface area contributed by atoms with Gasteiger partial charge < -0.3 is 14.1 Å². The highest BCUT2D eigenvalue weighted by molar-refractivity contribution is 5.61. The van der Waals surface area contributed by atoms with Crippen molar-refractivity contribution in [2.24, 2.45) is 0 Å². The van der Waals surface area contributed by atoms with Gasteiger partial charge in [0.2, 0.25) is 5.89 Å². The molecule has 1 aromatic rings. The average molecular weight is 250 g/mol. The number of hydrogen-bond acceptors (Lipinski definition) is 4. The molecule has 0 saturated heterocycles. The van der Waals surface area contributed by atoms with Gasteiger partial charge in [0, 0.05) is 24.6 Å². The summed E-state index contributed by atoms with van der Waals surface area (Å²) in [5.41, 5.74) is 2.10. The van der Waals surface area contributed by atoms with Gasteiger partial charge in [0.1, 0.15) is 5.69 Å². The van der Waals surface area contributed by atoms with E-state index in [4.69, 9.17) is 9.15 Å². The SMILES string of the molecule is CC[C@H](C)c1nc(C2=CCCN(C)C2)oc1OC. The highest BCUT2D eigenvalue weighted by Gasteiger charge is 2.22. The van der Waals surface area contributed by atoms with E-state index in [1.54, 1.807) is 7.11 Å². The van der Waals surface area contributed by atoms with Crippen molar-refractivity contribution in [1.82, 2.24) is 9.88 Å². The van der Waals surface area contributed by atoms with E-state index in [2.05, 4.69) is 36.9 Å². The van der Waals surface area contributed by atoms with Crippen LogP contribution in [-0.2, 0) is 0 Å². The minimum absolute atomic E-state index is 0.361. The van der Waals surface area contributed by atoms with Gasteiger partial charge >= 0.3 is 5.95 Å². The molecule has 0 fully saturated rings. The Labute approximate surface area is 109 Å². The maximum atomic E-state index is 5.75. The Hall–Kier alpha value is -1.29. The summed E-state index contributed by atoms with van der Waals surface area (Å²) >= 11 is 0. The molecule has 0 radical (unpaired) electrons. The van der Waals surface area contributed by atoms with Crippen LogP contribution in [0.25, 0.3) is 5.57 Å². The van der Waals surface area contributed by atoms with Crippen molar-refractivity contribution < 1.29 is 9.15 Å². The molecule has 0 N–H and O–H groups in total. The smallest absolute Gasteiger partial charge is 0.308 e. The lowest BCUT2D eigenvalue weighted by molar-refractivity contribution is 0.293. The molecular formula is C14H22N2O2. The van der Waals surface area contributed by atoms with Crippen molar-refractivity contribution in [2.75, 3.05) is 27.2 Å². The number of rotatable bonds is 4. The first-order valence-electron chi connectivity index (χ1n) is 6.58. The van der Waals surface area contributed by atoms with Crippen molar-refractivity contribution >= 4 is 5.57 Å². The fourth-order valence-electron chi connectivity index (χ4n) is 2.15. The van der Waals surface area contributed by atoms with E-state index >= 15 is 0 Å². The molecule has 1 atom stereocenters. The Morgan fingerprint density at radius 2 is 2.33 bits per heavy atom. The molecular weight excluding hydrogens is 228 g/mol. The molecule has 1 aromatic heterocycles. The molecule has 4 nitrogen and oxygen atoms in total. The van der Waals surface area contributed by atoms with Gasteiger partial charge in [-0.1, -0.05) is 19.9 Å². The van der Waals surface area contributed by atoms with Crippen LogP contribution in [0.1, 0.15) is 44.2 Å². The Morgan fingerprint density at radius 3 is 2.94 bits per heavy atom. The quantitative estimate of drug-likeness (QED) is 0.823. The standard InChI is InChI=1S/C14H22N2O2/c1-5-10(2)12-14(17-4)18-13(15-12)11-7-6-8-16(3)9-11/h7,10H,5-6,8-9H2,1-4H3/t10-/m0/s1. The molecule has 0 aromatic carbocycles. The third kappa shape index (κ3) is 2.58. The van der Waals surface area contributed by atoms with Crippen LogP contribution in [0.2, 0.25) is 0 Å². The second-order valence-corrected chi connectivity index (χ2v) is 4.96. The molecule has 1 aliphatic rings. The van der Waals surface area contributed by atoms with E-state index in [9.17, 15) is 0 Å². The summed E-state index contributed by atoms with van der Waals surface area (Å²) in [5.74, 6) is 1.64. The second kappa shape index (κ2) is 5.57. The summed E-state index contributed by atoms with van der Waals surface area (Å²) in [6, 6.07) is 0. The molecule has 0 saturated carbocycles. The third-order valence-electron chi connectivity index (χ3n) is 3.50. The summed E-state index contributed by atoms with van der Waals surface area (Å²) in [6.45, 7) is 6.28. The van der Waals surface area contributed by atoms with Crippen LogP contribution >= 0.6 is 0 Å². The molecule has 0 unspecified atom stereocenters. The topological polar surface area (TPSA) is 38.5 Å². The van der Waals surface area contributed by atoms with Crippen LogP contribution in [0.15, 0.2) is 10.5 Å². The fraction of sp³-hybridized carbons (Fsp3) is 0.643. The van der Waals surface area contributed by atoms with Gasteiger partial charge in [0.15, 0.2) is 0 Å². The zero-order valence-corrected chi connectivity index (χ0v) is 11.7. The number of oxazole rings is 1. The van der Waals surface area contributed by atoms with Crippen LogP contribution in [0, 0.1) is 0 Å². The number of hydrogen-bond donors (Lipinski definition) is 0. The van der Waals surface area contributed by atoms with Crippen molar-refractivity contribution in [2.45, 2.75) is 32.6 Å². The van der Waals surface area contributed by atoms with Crippen molar-refractivity contribution in [3.63, 3.8) is 0 Å². The van der Waals surface area contributed by atoms with Gasteiger partial charge in [-0.15, -0.1) is 0 Å². The van der Waals surface area contributed by atoms with Crippen molar-refractivity contribution in [3.05, 3.63) is 17.7 Å². The molecule has 18 heavy (non-hydrogen) atoms. The molecule has 0 spiro atoms. The summed E-state index contributed by atoms with van der Waals surface area (Å²) < 4.78 is 11.0. The normalized spacial score (nSPS) is 18.6. The zero-order valence-electron chi connectivity index (χ0n) is 11.7. The van der Waals surface area contributed by atoms with E-state index in [1.165, 1.54) is 0 Å². The first-order valence-corrected chi connectivity index (χ1v) is 6.58. The van der Waals surface area contributed by atoms with Gasteiger partial charge in [-0.05, 0) is 19.9 Å². The van der Waals surface area contributed by atoms with Gasteiger partial charge in [-0.2, -0.15) is 0 Å². The third-order valence-corrected chi connectivity index (χ3v) is 3.50. The van der Waals surface area contributed by atoms with Crippen LogP contribution in [0.4, 0.5) is 0 Å². The zero-order chi connectivity index (χ0) is 13.1. The van der Waals surface area contributed by atoms with Crippen molar-refractivity contribution in [1.29, 1.82) is 0 Å². The Morgan fingerprint density at radius 1 is 1.56 bits per heavy atom. The van der Waals surface area contributed by atoms with Gasteiger partial charge in [-0.3, -0.25) is 0 Å². The molecule has 2 heterocycles. The van der Waals surface area contributed by atoms with E-state index in [0.717, 1.165) is 37.2 Å². The molecule has 100 valence electrons. The molecule has 0 amide bonds. The predicted octanol–water partition coefficient (Wildman–Crippen LogP) is 2.92. The van der Waals surface area contributed by atoms with Gasteiger partial charge in [-0.25, -0.2) is 4.98 Å². The lowest BCUT2D eigenvalue weighted by Crippen LogP contribution is -2.25. The van der Waals surface area contributed by atoms with Crippen LogP contribution in [0.3, 0.4) is 0 Å². The predicted molar refractivity (Wildman–Crippen MR) is 71.9 cm³/mol. The molecule has 4 heteroatoms. The van der Waals surface area contributed by atoms with E-state index < -0.39 is 0 Å². The lowest BCUT2D eigenvalue weighted by atomic mass is 10.1. The van der Waals surface area contributed by atoms with E-state index in [-0.39, 0.29) is 0 Å². The number of aromatic nitrogens is 1.